The highest BCUT2D eigenvalue weighted by atomic mass is 19.3. The number of hydrogen-bond acceptors (Lipinski definition) is 5. The van der Waals surface area contributed by atoms with E-state index in [4.69, 9.17) is 0 Å². The summed E-state index contributed by atoms with van der Waals surface area (Å²) in [6.07, 6.45) is 0. The average Bonchev–Trinajstić information content (AvgIpc) is 1.84. The van der Waals surface area contributed by atoms with E-state index in [1.54, 1.807) is 0 Å². The minimum atomic E-state index is -2.13. The van der Waals surface area contributed by atoms with Crippen molar-refractivity contribution in [1.29, 1.82) is 0 Å². The van der Waals surface area contributed by atoms with Crippen LogP contribution in [-0.4, -0.2) is 16.8 Å². The first-order valence-electron chi connectivity index (χ1n) is 1.61. The minimum Gasteiger partial charge on any atom is -0.255 e. The molecule has 0 spiro atoms. The second-order valence-electron chi connectivity index (χ2n) is 0.927. The van der Waals surface area contributed by atoms with E-state index >= 15 is 0 Å². The second kappa shape index (κ2) is 2.70. The quantitative estimate of drug-likeness (QED) is 0.248. The number of carbonyl (C=O) groups excluding carboxylic acids is 2. The van der Waals surface area contributed by atoms with E-state index in [0.29, 0.717) is 0 Å². The lowest BCUT2D eigenvalue weighted by molar-refractivity contribution is -0.399. The predicted octanol–water partition coefficient (Wildman–Crippen LogP) is -0.783. The van der Waals surface area contributed by atoms with Crippen molar-refractivity contribution in [3.8, 4) is 0 Å². The van der Waals surface area contributed by atoms with E-state index in [1.807, 2.05) is 0 Å². The van der Waals surface area contributed by atoms with Gasteiger partial charge in [0.1, 0.15) is 4.92 Å². The number of rotatable bonds is 0. The van der Waals surface area contributed by atoms with Gasteiger partial charge in [0.2, 0.25) is 0 Å². The van der Waals surface area contributed by atoms with Gasteiger partial charge in [0.05, 0.1) is 0 Å². The Kier molecular flexibility index (Phi) is 2.24. The van der Waals surface area contributed by atoms with Crippen molar-refractivity contribution < 1.29 is 24.0 Å². The number of nitro groups is 1. The third-order valence-corrected chi connectivity index (χ3v) is 0.411. The third-order valence-electron chi connectivity index (χ3n) is 0.411. The summed E-state index contributed by atoms with van der Waals surface area (Å²) in [6.45, 7) is 0. The van der Waals surface area contributed by atoms with Crippen LogP contribution in [0.2, 0.25) is 0 Å². The van der Waals surface area contributed by atoms with E-state index in [9.17, 15) is 24.2 Å². The summed E-state index contributed by atoms with van der Waals surface area (Å²) in [5, 5.41) is 9.29. The van der Waals surface area contributed by atoms with Gasteiger partial charge in [0.15, 0.2) is 0 Å². The van der Waals surface area contributed by atoms with Crippen molar-refractivity contribution in [2.75, 3.05) is 0 Å². The Morgan fingerprint density at radius 2 is 2.00 bits per heavy atom. The Balaban J connectivity index is 4.05. The van der Waals surface area contributed by atoms with Crippen molar-refractivity contribution in [1.82, 2.24) is 0 Å². The number of halogens is 1. The monoisotopic (exact) mass is 137 g/mol. The SMILES string of the molecule is O=C(OF)C(=O)[N+](=O)[O-]. The number of amides is 1. The second-order valence-corrected chi connectivity index (χ2v) is 0.927. The van der Waals surface area contributed by atoms with Crippen LogP contribution in [0.25, 0.3) is 0 Å². The molecule has 0 saturated carbocycles. The van der Waals surface area contributed by atoms with E-state index in [-0.39, 0.29) is 0 Å². The molecule has 7 heteroatoms. The maximum atomic E-state index is 10.6. The Morgan fingerprint density at radius 1 is 1.56 bits per heavy atom. The smallest absolute Gasteiger partial charge is 0.255 e. The molecule has 0 atom stereocenters. The molecular weight excluding hydrogens is 137 g/mol. The standard InChI is InChI=1S/C2FNO5/c3-9-2(6)1(5)4(7)8. The lowest BCUT2D eigenvalue weighted by Gasteiger charge is -1.80. The zero-order valence-corrected chi connectivity index (χ0v) is 3.87. The zero-order valence-electron chi connectivity index (χ0n) is 3.87. The average molecular weight is 137 g/mol. The van der Waals surface area contributed by atoms with Gasteiger partial charge in [-0.2, -0.15) is 0 Å². The Hall–Kier alpha value is -1.53. The van der Waals surface area contributed by atoms with Crippen LogP contribution in [0.5, 0.6) is 0 Å². The highest BCUT2D eigenvalue weighted by molar-refractivity contribution is 6.28. The molecule has 0 unspecified atom stereocenters. The molecule has 0 aromatic heterocycles. The van der Waals surface area contributed by atoms with E-state index < -0.39 is 16.8 Å². The van der Waals surface area contributed by atoms with E-state index in [0.717, 1.165) is 0 Å². The van der Waals surface area contributed by atoms with E-state index in [1.165, 1.54) is 0 Å². The molecule has 0 saturated heterocycles. The molecule has 9 heavy (non-hydrogen) atoms. The maximum absolute atomic E-state index is 10.6. The molecule has 0 aliphatic rings. The van der Waals surface area contributed by atoms with Crippen LogP contribution < -0.4 is 0 Å². The van der Waals surface area contributed by atoms with Crippen LogP contribution in [0.15, 0.2) is 0 Å². The van der Waals surface area contributed by atoms with Gasteiger partial charge >= 0.3 is 11.9 Å². The normalized spacial score (nSPS) is 8.11. The Labute approximate surface area is 47.3 Å². The Morgan fingerprint density at radius 3 is 2.11 bits per heavy atom. The first kappa shape index (κ1) is 7.47. The molecule has 0 fully saturated rings. The number of hydrogen-bond donors (Lipinski definition) is 0. The summed E-state index contributed by atoms with van der Waals surface area (Å²) in [6, 6.07) is 0. The van der Waals surface area contributed by atoms with Gasteiger partial charge in [-0.25, -0.2) is 14.5 Å². The molecule has 0 heterocycles. The summed E-state index contributed by atoms with van der Waals surface area (Å²) in [7, 11) is 0. The van der Waals surface area contributed by atoms with Gasteiger partial charge in [-0.1, -0.05) is 0 Å². The molecule has 0 rings (SSSR count). The van der Waals surface area contributed by atoms with Gasteiger partial charge in [0.25, 0.3) is 0 Å². The molecule has 1 amide bonds. The topological polar surface area (TPSA) is 86.5 Å². The van der Waals surface area contributed by atoms with Crippen LogP contribution in [0.3, 0.4) is 0 Å². The Bertz CT molecular complexity index is 164. The summed E-state index contributed by atoms with van der Waals surface area (Å²) in [4.78, 5) is 29.2. The molecule has 0 aliphatic heterocycles. The van der Waals surface area contributed by atoms with Gasteiger partial charge in [0, 0.05) is 4.53 Å². The summed E-state index contributed by atoms with van der Waals surface area (Å²) in [5.74, 6) is -4.25. The minimum absolute atomic E-state index is 1.58. The van der Waals surface area contributed by atoms with Crippen LogP contribution >= 0.6 is 0 Å². The fourth-order valence-corrected chi connectivity index (χ4v) is 0.108. The molecule has 0 radical (unpaired) electrons. The first-order valence-corrected chi connectivity index (χ1v) is 1.61. The van der Waals surface area contributed by atoms with Crippen molar-refractivity contribution in [2.24, 2.45) is 0 Å². The van der Waals surface area contributed by atoms with Crippen LogP contribution in [-0.2, 0) is 14.5 Å². The largest absolute Gasteiger partial charge is 0.558 e. The summed E-state index contributed by atoms with van der Waals surface area (Å²) in [5.41, 5.74) is 0. The van der Waals surface area contributed by atoms with Gasteiger partial charge < -0.3 is 0 Å². The molecule has 0 aromatic carbocycles. The summed E-state index contributed by atoms with van der Waals surface area (Å²) < 4.78 is 10.6. The van der Waals surface area contributed by atoms with Crippen LogP contribution in [0.4, 0.5) is 4.53 Å². The molecule has 0 aromatic rings. The van der Waals surface area contributed by atoms with Crippen LogP contribution in [0, 0.1) is 10.1 Å². The van der Waals surface area contributed by atoms with Crippen molar-refractivity contribution in [3.63, 3.8) is 0 Å². The number of carbonyl (C=O) groups is 2. The highest BCUT2D eigenvalue weighted by Crippen LogP contribution is 1.81. The summed E-state index contributed by atoms with van der Waals surface area (Å²) >= 11 is 0. The molecule has 0 aliphatic carbocycles. The lowest BCUT2D eigenvalue weighted by Crippen LogP contribution is -2.22. The molecular formula is C2FNO5. The fourth-order valence-electron chi connectivity index (χ4n) is 0.108. The number of nitrogens with zero attached hydrogens (tertiary/aromatic N) is 1. The zero-order chi connectivity index (χ0) is 7.44. The van der Waals surface area contributed by atoms with Gasteiger partial charge in [-0.15, -0.1) is 0 Å². The molecule has 0 bridgehead atoms. The van der Waals surface area contributed by atoms with Crippen LogP contribution in [0.1, 0.15) is 0 Å². The van der Waals surface area contributed by atoms with Gasteiger partial charge in [-0.3, -0.25) is 10.1 Å². The van der Waals surface area contributed by atoms with Crippen molar-refractivity contribution in [3.05, 3.63) is 10.1 Å². The maximum Gasteiger partial charge on any atom is 0.558 e. The van der Waals surface area contributed by atoms with E-state index in [2.05, 4.69) is 4.94 Å². The molecule has 50 valence electrons. The molecule has 0 N–H and O–H groups in total. The predicted molar refractivity (Wildman–Crippen MR) is 19.2 cm³/mol. The third kappa shape index (κ3) is 1.80. The lowest BCUT2D eigenvalue weighted by atomic mass is 10.7. The first-order chi connectivity index (χ1) is 4.09. The van der Waals surface area contributed by atoms with Crippen molar-refractivity contribution in [2.45, 2.75) is 0 Å². The molecule has 6 nitrogen and oxygen atoms in total. The fraction of sp³-hybridized carbons (Fsp3) is 0. The van der Waals surface area contributed by atoms with Crippen molar-refractivity contribution >= 4 is 11.9 Å². The van der Waals surface area contributed by atoms with Gasteiger partial charge in [-0.05, 0) is 0 Å². The highest BCUT2D eigenvalue weighted by Gasteiger charge is 2.29.